The Morgan fingerprint density at radius 2 is 1.69 bits per heavy atom. The van der Waals surface area contributed by atoms with Gasteiger partial charge < -0.3 is 4.42 Å². The van der Waals surface area contributed by atoms with Gasteiger partial charge in [0.15, 0.2) is 0 Å². The van der Waals surface area contributed by atoms with Gasteiger partial charge >= 0.3 is 0 Å². The number of carbonyl (C=O) groups is 1. The van der Waals surface area contributed by atoms with Gasteiger partial charge in [-0.1, -0.05) is 74.3 Å². The molecule has 0 aliphatic rings. The number of amides is 1. The molecule has 0 aliphatic carbocycles. The minimum atomic E-state index is -0.187. The average molecular weight is 512 g/mol. The van der Waals surface area contributed by atoms with E-state index < -0.39 is 0 Å². The number of fused-ring (bicyclic) bond motifs is 1. The lowest BCUT2D eigenvalue weighted by Crippen LogP contribution is -2.19. The van der Waals surface area contributed by atoms with E-state index in [0.29, 0.717) is 5.76 Å². The molecule has 3 aromatic carbocycles. The Labute approximate surface area is 184 Å². The van der Waals surface area contributed by atoms with E-state index in [1.807, 2.05) is 72.8 Å². The third kappa shape index (κ3) is 4.66. The van der Waals surface area contributed by atoms with Gasteiger partial charge in [-0.15, -0.1) is 0 Å². The Balaban J connectivity index is 1.41. The summed E-state index contributed by atoms with van der Waals surface area (Å²) in [7, 11) is 0. The van der Waals surface area contributed by atoms with Gasteiger partial charge in [-0.25, -0.2) is 5.43 Å². The molecule has 0 saturated heterocycles. The van der Waals surface area contributed by atoms with Crippen LogP contribution in [0, 0.1) is 0 Å². The Kier molecular flexibility index (Phi) is 5.92. The van der Waals surface area contributed by atoms with Crippen LogP contribution in [0.5, 0.6) is 0 Å². The fourth-order valence-corrected chi connectivity index (χ4v) is 3.79. The van der Waals surface area contributed by atoms with Gasteiger partial charge in [-0.05, 0) is 46.7 Å². The smallest absolute Gasteiger partial charge is 0.244 e. The molecule has 0 aliphatic heterocycles. The Morgan fingerprint density at radius 1 is 0.931 bits per heavy atom. The maximum Gasteiger partial charge on any atom is 0.244 e. The minimum Gasteiger partial charge on any atom is -0.455 e. The number of hydrogen-bond acceptors (Lipinski definition) is 3. The first-order valence-corrected chi connectivity index (χ1v) is 10.5. The SMILES string of the molecule is O=C(Cc1ccc(Br)c2ccccc12)NN=Cc1ccc(-c2ccc(Br)cc2)o1. The van der Waals surface area contributed by atoms with Crippen LogP contribution in [-0.4, -0.2) is 12.1 Å². The molecule has 1 heterocycles. The predicted octanol–water partition coefficient (Wildman–Crippen LogP) is 6.32. The minimum absolute atomic E-state index is 0.187. The van der Waals surface area contributed by atoms with Gasteiger partial charge in [-0.3, -0.25) is 4.79 Å². The maximum atomic E-state index is 12.3. The monoisotopic (exact) mass is 510 g/mol. The van der Waals surface area contributed by atoms with Crippen molar-refractivity contribution < 1.29 is 9.21 Å². The maximum absolute atomic E-state index is 12.3. The molecule has 1 N–H and O–H groups in total. The second-order valence-electron chi connectivity index (χ2n) is 6.43. The Bertz CT molecular complexity index is 1200. The molecular weight excluding hydrogens is 496 g/mol. The first-order chi connectivity index (χ1) is 14.1. The average Bonchev–Trinajstić information content (AvgIpc) is 3.20. The first-order valence-electron chi connectivity index (χ1n) is 8.94. The molecule has 0 atom stereocenters. The topological polar surface area (TPSA) is 54.6 Å². The molecule has 1 amide bonds. The molecule has 144 valence electrons. The van der Waals surface area contributed by atoms with E-state index in [4.69, 9.17) is 4.42 Å². The van der Waals surface area contributed by atoms with E-state index in [1.165, 1.54) is 6.21 Å². The highest BCUT2D eigenvalue weighted by Gasteiger charge is 2.08. The van der Waals surface area contributed by atoms with Gasteiger partial charge in [0.2, 0.25) is 5.91 Å². The number of benzene rings is 3. The van der Waals surface area contributed by atoms with E-state index in [1.54, 1.807) is 0 Å². The molecule has 4 nitrogen and oxygen atoms in total. The van der Waals surface area contributed by atoms with Crippen LogP contribution in [0.1, 0.15) is 11.3 Å². The molecule has 0 bridgehead atoms. The number of hydrogen-bond donors (Lipinski definition) is 1. The van der Waals surface area contributed by atoms with Crippen LogP contribution >= 0.6 is 31.9 Å². The van der Waals surface area contributed by atoms with E-state index in [9.17, 15) is 4.79 Å². The van der Waals surface area contributed by atoms with Crippen molar-refractivity contribution >= 4 is 54.8 Å². The number of nitrogens with zero attached hydrogens (tertiary/aromatic N) is 1. The fraction of sp³-hybridized carbons (Fsp3) is 0.0435. The molecule has 0 radical (unpaired) electrons. The third-order valence-corrected chi connectivity index (χ3v) is 5.67. The summed E-state index contributed by atoms with van der Waals surface area (Å²) in [6.07, 6.45) is 1.74. The van der Waals surface area contributed by atoms with Crippen LogP contribution in [0.2, 0.25) is 0 Å². The van der Waals surface area contributed by atoms with Gasteiger partial charge in [0.1, 0.15) is 11.5 Å². The van der Waals surface area contributed by atoms with Crippen molar-refractivity contribution in [2.24, 2.45) is 5.10 Å². The molecule has 29 heavy (non-hydrogen) atoms. The summed E-state index contributed by atoms with van der Waals surface area (Å²) in [5, 5.41) is 6.15. The first kappa shape index (κ1) is 19.6. The number of halogens is 2. The van der Waals surface area contributed by atoms with Crippen LogP contribution in [0.3, 0.4) is 0 Å². The Morgan fingerprint density at radius 3 is 2.48 bits per heavy atom. The summed E-state index contributed by atoms with van der Waals surface area (Å²) in [4.78, 5) is 12.3. The normalized spacial score (nSPS) is 11.2. The molecule has 6 heteroatoms. The summed E-state index contributed by atoms with van der Waals surface area (Å²) >= 11 is 6.97. The highest BCUT2D eigenvalue weighted by Crippen LogP contribution is 2.27. The van der Waals surface area contributed by atoms with Gasteiger partial charge in [0.25, 0.3) is 0 Å². The number of rotatable bonds is 5. The highest BCUT2D eigenvalue weighted by molar-refractivity contribution is 9.11. The molecule has 4 rings (SSSR count). The number of furan rings is 1. The van der Waals surface area contributed by atoms with Crippen LogP contribution in [0.15, 0.2) is 91.3 Å². The van der Waals surface area contributed by atoms with E-state index in [0.717, 1.165) is 36.6 Å². The van der Waals surface area contributed by atoms with E-state index >= 15 is 0 Å². The standard InChI is InChI=1S/C23H16Br2N2O2/c24-17-8-5-15(6-9-17)22-12-10-18(29-22)14-26-27-23(28)13-16-7-11-21(25)20-4-2-1-3-19(16)20/h1-12,14H,13H2,(H,27,28). The molecule has 0 saturated carbocycles. The van der Waals surface area contributed by atoms with Gasteiger partial charge in [-0.2, -0.15) is 5.10 Å². The summed E-state index contributed by atoms with van der Waals surface area (Å²) in [5.41, 5.74) is 4.49. The largest absolute Gasteiger partial charge is 0.455 e. The second kappa shape index (κ2) is 8.76. The lowest BCUT2D eigenvalue weighted by atomic mass is 10.0. The summed E-state index contributed by atoms with van der Waals surface area (Å²) in [6, 6.07) is 23.4. The molecular formula is C23H16Br2N2O2. The zero-order chi connectivity index (χ0) is 20.2. The van der Waals surface area contributed by atoms with Crippen molar-refractivity contribution in [2.45, 2.75) is 6.42 Å². The number of carbonyl (C=O) groups excluding carboxylic acids is 1. The van der Waals surface area contributed by atoms with E-state index in [2.05, 4.69) is 42.4 Å². The summed E-state index contributed by atoms with van der Waals surface area (Å²) < 4.78 is 7.78. The zero-order valence-corrected chi connectivity index (χ0v) is 18.4. The van der Waals surface area contributed by atoms with Crippen LogP contribution in [-0.2, 0) is 11.2 Å². The summed E-state index contributed by atoms with van der Waals surface area (Å²) in [5.74, 6) is 1.12. The highest BCUT2D eigenvalue weighted by atomic mass is 79.9. The number of nitrogens with one attached hydrogen (secondary N) is 1. The third-order valence-electron chi connectivity index (χ3n) is 4.45. The van der Waals surface area contributed by atoms with Gasteiger partial charge in [0.05, 0.1) is 12.6 Å². The molecule has 0 unspecified atom stereocenters. The van der Waals surface area contributed by atoms with Crippen molar-refractivity contribution in [1.82, 2.24) is 5.43 Å². The van der Waals surface area contributed by atoms with Crippen molar-refractivity contribution in [1.29, 1.82) is 0 Å². The Hall–Kier alpha value is -2.70. The predicted molar refractivity (Wildman–Crippen MR) is 123 cm³/mol. The van der Waals surface area contributed by atoms with Crippen molar-refractivity contribution in [3.63, 3.8) is 0 Å². The van der Waals surface area contributed by atoms with Crippen LogP contribution in [0.25, 0.3) is 22.1 Å². The molecule has 0 fully saturated rings. The quantitative estimate of drug-likeness (QED) is 0.252. The fourth-order valence-electron chi connectivity index (χ4n) is 3.05. The van der Waals surface area contributed by atoms with Crippen molar-refractivity contribution in [3.05, 3.63) is 93.1 Å². The lowest BCUT2D eigenvalue weighted by Gasteiger charge is -2.07. The molecule has 1 aromatic heterocycles. The second-order valence-corrected chi connectivity index (χ2v) is 8.20. The molecule has 4 aromatic rings. The lowest BCUT2D eigenvalue weighted by molar-refractivity contribution is -0.120. The number of hydrazone groups is 1. The zero-order valence-electron chi connectivity index (χ0n) is 15.2. The van der Waals surface area contributed by atoms with Crippen LogP contribution in [0.4, 0.5) is 0 Å². The van der Waals surface area contributed by atoms with E-state index in [-0.39, 0.29) is 12.3 Å². The van der Waals surface area contributed by atoms with Crippen molar-refractivity contribution in [3.8, 4) is 11.3 Å². The van der Waals surface area contributed by atoms with Crippen LogP contribution < -0.4 is 5.43 Å². The summed E-state index contributed by atoms with van der Waals surface area (Å²) in [6.45, 7) is 0. The van der Waals surface area contributed by atoms with Gasteiger partial charge in [0, 0.05) is 14.5 Å². The molecule has 0 spiro atoms. The van der Waals surface area contributed by atoms with Crippen molar-refractivity contribution in [2.75, 3.05) is 0 Å².